The number of hydrogen-bond donors (Lipinski definition) is 0. The normalized spacial score (nSPS) is 13.8. The number of aromatic nitrogens is 1. The Balaban J connectivity index is 1.55. The molecule has 0 bridgehead atoms. The van der Waals surface area contributed by atoms with Crippen LogP contribution in [0.25, 0.3) is 11.1 Å². The van der Waals surface area contributed by atoms with Crippen molar-refractivity contribution in [2.75, 3.05) is 31.1 Å². The number of amides is 1. The van der Waals surface area contributed by atoms with E-state index < -0.39 is 0 Å². The molecule has 30 heavy (non-hydrogen) atoms. The van der Waals surface area contributed by atoms with Crippen molar-refractivity contribution in [3.8, 4) is 17.2 Å². The van der Waals surface area contributed by atoms with Crippen LogP contribution in [0.5, 0.6) is 0 Å². The molecule has 1 saturated heterocycles. The van der Waals surface area contributed by atoms with E-state index in [1.165, 1.54) is 0 Å². The Labute approximate surface area is 185 Å². The Morgan fingerprint density at radius 2 is 1.63 bits per heavy atom. The van der Waals surface area contributed by atoms with Crippen molar-refractivity contribution in [2.45, 2.75) is 0 Å². The van der Waals surface area contributed by atoms with Crippen LogP contribution in [0.15, 0.2) is 60.8 Å². The van der Waals surface area contributed by atoms with E-state index in [0.29, 0.717) is 53.2 Å². The SMILES string of the molecule is N#Cc1ccccc1-c1ccccc1C(=O)N1CCN(c2ncc(Cl)cc2Cl)CC1. The number of nitriles is 1. The molecule has 1 aliphatic rings. The van der Waals surface area contributed by atoms with Crippen LogP contribution in [0.2, 0.25) is 10.0 Å². The van der Waals surface area contributed by atoms with Crippen LogP contribution in [0.4, 0.5) is 5.82 Å². The molecular weight excluding hydrogens is 419 g/mol. The first-order valence-corrected chi connectivity index (χ1v) is 10.3. The van der Waals surface area contributed by atoms with Crippen molar-refractivity contribution < 1.29 is 4.79 Å². The first kappa shape index (κ1) is 20.2. The molecule has 3 aromatic rings. The summed E-state index contributed by atoms with van der Waals surface area (Å²) in [6, 6.07) is 18.6. The maximum atomic E-state index is 13.3. The summed E-state index contributed by atoms with van der Waals surface area (Å²) in [5.74, 6) is 0.629. The number of carbonyl (C=O) groups is 1. The second-order valence-electron chi connectivity index (χ2n) is 6.94. The zero-order valence-corrected chi connectivity index (χ0v) is 17.6. The van der Waals surface area contributed by atoms with Gasteiger partial charge in [-0.25, -0.2) is 4.98 Å². The highest BCUT2D eigenvalue weighted by atomic mass is 35.5. The maximum Gasteiger partial charge on any atom is 0.254 e. The summed E-state index contributed by atoms with van der Waals surface area (Å²) in [5, 5.41) is 10.5. The van der Waals surface area contributed by atoms with E-state index in [-0.39, 0.29) is 5.91 Å². The predicted octanol–water partition coefficient (Wildman–Crippen LogP) is 4.89. The summed E-state index contributed by atoms with van der Waals surface area (Å²) in [5.41, 5.74) is 2.67. The van der Waals surface area contributed by atoms with Gasteiger partial charge in [0.1, 0.15) is 5.82 Å². The van der Waals surface area contributed by atoms with Crippen molar-refractivity contribution >= 4 is 34.9 Å². The van der Waals surface area contributed by atoms with E-state index in [1.807, 2.05) is 47.4 Å². The fourth-order valence-electron chi connectivity index (χ4n) is 3.65. The van der Waals surface area contributed by atoms with Gasteiger partial charge in [-0.2, -0.15) is 5.26 Å². The van der Waals surface area contributed by atoms with Crippen molar-refractivity contribution in [3.05, 3.63) is 82.0 Å². The Morgan fingerprint density at radius 1 is 0.967 bits per heavy atom. The fraction of sp³-hybridized carbons (Fsp3) is 0.174. The largest absolute Gasteiger partial charge is 0.352 e. The number of carbonyl (C=O) groups excluding carboxylic acids is 1. The zero-order valence-electron chi connectivity index (χ0n) is 16.1. The molecule has 1 aromatic heterocycles. The molecule has 0 N–H and O–H groups in total. The first-order chi connectivity index (χ1) is 14.6. The molecule has 1 amide bonds. The van der Waals surface area contributed by atoms with Crippen molar-refractivity contribution in [3.63, 3.8) is 0 Å². The van der Waals surface area contributed by atoms with Gasteiger partial charge in [-0.3, -0.25) is 4.79 Å². The minimum Gasteiger partial charge on any atom is -0.352 e. The van der Waals surface area contributed by atoms with Crippen LogP contribution in [0, 0.1) is 11.3 Å². The minimum atomic E-state index is -0.0480. The lowest BCUT2D eigenvalue weighted by molar-refractivity contribution is 0.0747. The second-order valence-corrected chi connectivity index (χ2v) is 7.78. The highest BCUT2D eigenvalue weighted by Gasteiger charge is 2.26. The second kappa shape index (κ2) is 8.74. The highest BCUT2D eigenvalue weighted by molar-refractivity contribution is 6.36. The van der Waals surface area contributed by atoms with Crippen LogP contribution in [0.1, 0.15) is 15.9 Å². The lowest BCUT2D eigenvalue weighted by Gasteiger charge is -2.36. The Morgan fingerprint density at radius 3 is 2.33 bits per heavy atom. The maximum absolute atomic E-state index is 13.3. The monoisotopic (exact) mass is 436 g/mol. The van der Waals surface area contributed by atoms with E-state index in [2.05, 4.69) is 16.0 Å². The number of halogens is 2. The highest BCUT2D eigenvalue weighted by Crippen LogP contribution is 2.29. The summed E-state index contributed by atoms with van der Waals surface area (Å²) in [4.78, 5) is 21.5. The van der Waals surface area contributed by atoms with Crippen molar-refractivity contribution in [2.24, 2.45) is 0 Å². The molecule has 1 fully saturated rings. The molecule has 0 radical (unpaired) electrons. The molecule has 5 nitrogen and oxygen atoms in total. The van der Waals surface area contributed by atoms with E-state index in [4.69, 9.17) is 23.2 Å². The molecule has 2 aromatic carbocycles. The van der Waals surface area contributed by atoms with E-state index >= 15 is 0 Å². The van der Waals surface area contributed by atoms with Crippen LogP contribution < -0.4 is 4.90 Å². The molecule has 0 aliphatic carbocycles. The van der Waals surface area contributed by atoms with Crippen LogP contribution in [-0.4, -0.2) is 42.0 Å². The number of nitrogens with zero attached hydrogens (tertiary/aromatic N) is 4. The van der Waals surface area contributed by atoms with Gasteiger partial charge in [-0.05, 0) is 23.8 Å². The van der Waals surface area contributed by atoms with Crippen molar-refractivity contribution in [1.82, 2.24) is 9.88 Å². The molecule has 0 spiro atoms. The quantitative estimate of drug-likeness (QED) is 0.586. The van der Waals surface area contributed by atoms with Gasteiger partial charge in [-0.1, -0.05) is 59.6 Å². The van der Waals surface area contributed by atoms with Gasteiger partial charge in [0.2, 0.25) is 0 Å². The fourth-order valence-corrected chi connectivity index (χ4v) is 4.15. The first-order valence-electron chi connectivity index (χ1n) is 9.52. The Hall–Kier alpha value is -3.07. The summed E-state index contributed by atoms with van der Waals surface area (Å²) >= 11 is 12.2. The Kier molecular flexibility index (Phi) is 5.89. The predicted molar refractivity (Wildman–Crippen MR) is 119 cm³/mol. The third-order valence-electron chi connectivity index (χ3n) is 5.15. The molecule has 1 aliphatic heterocycles. The minimum absolute atomic E-state index is 0.0480. The number of anilines is 1. The smallest absolute Gasteiger partial charge is 0.254 e. The topological polar surface area (TPSA) is 60.2 Å². The van der Waals surface area contributed by atoms with Gasteiger partial charge < -0.3 is 9.80 Å². The van der Waals surface area contributed by atoms with Gasteiger partial charge in [0, 0.05) is 43.5 Å². The van der Waals surface area contributed by atoms with Gasteiger partial charge in [-0.15, -0.1) is 0 Å². The molecule has 0 unspecified atom stereocenters. The molecule has 2 heterocycles. The average Bonchev–Trinajstić information content (AvgIpc) is 2.79. The average molecular weight is 437 g/mol. The lowest BCUT2D eigenvalue weighted by Crippen LogP contribution is -2.49. The lowest BCUT2D eigenvalue weighted by atomic mass is 9.95. The van der Waals surface area contributed by atoms with Gasteiger partial charge in [0.05, 0.1) is 21.7 Å². The van der Waals surface area contributed by atoms with E-state index in [9.17, 15) is 10.1 Å². The molecular formula is C23H18Cl2N4O. The van der Waals surface area contributed by atoms with Crippen LogP contribution in [-0.2, 0) is 0 Å². The number of pyridine rings is 1. The molecule has 4 rings (SSSR count). The third-order valence-corrected chi connectivity index (χ3v) is 5.63. The molecule has 7 heteroatoms. The van der Waals surface area contributed by atoms with Crippen molar-refractivity contribution in [1.29, 1.82) is 5.26 Å². The van der Waals surface area contributed by atoms with E-state index in [1.54, 1.807) is 18.3 Å². The zero-order chi connectivity index (χ0) is 21.1. The summed E-state index contributed by atoms with van der Waals surface area (Å²) in [6.45, 7) is 2.34. The van der Waals surface area contributed by atoms with Gasteiger partial charge in [0.15, 0.2) is 0 Å². The number of piperazine rings is 1. The molecule has 0 atom stereocenters. The number of rotatable bonds is 3. The standard InChI is InChI=1S/C23H18Cl2N4O/c24-17-13-21(25)22(27-15-17)28-9-11-29(12-10-28)23(30)20-8-4-3-7-19(20)18-6-2-1-5-16(18)14-26/h1-8,13,15H,9-12H2. The van der Waals surface area contributed by atoms with E-state index in [0.717, 1.165) is 11.1 Å². The molecule has 0 saturated carbocycles. The summed E-state index contributed by atoms with van der Waals surface area (Å²) in [7, 11) is 0. The third kappa shape index (κ3) is 3.97. The number of hydrogen-bond acceptors (Lipinski definition) is 4. The van der Waals surface area contributed by atoms with Gasteiger partial charge in [0.25, 0.3) is 5.91 Å². The number of benzene rings is 2. The van der Waals surface area contributed by atoms with Gasteiger partial charge >= 0.3 is 0 Å². The van der Waals surface area contributed by atoms with Crippen LogP contribution in [0.3, 0.4) is 0 Å². The Bertz CT molecular complexity index is 1130. The van der Waals surface area contributed by atoms with Crippen LogP contribution >= 0.6 is 23.2 Å². The summed E-state index contributed by atoms with van der Waals surface area (Å²) in [6.07, 6.45) is 1.57. The molecule has 150 valence electrons. The summed E-state index contributed by atoms with van der Waals surface area (Å²) < 4.78 is 0.